The molecule has 10 nitrogen and oxygen atoms in total. The number of nitrogens with one attached hydrogen (secondary N) is 2. The van der Waals surface area contributed by atoms with Crippen LogP contribution in [0, 0.1) is 0 Å². The highest BCUT2D eigenvalue weighted by Crippen LogP contribution is 2.26. The van der Waals surface area contributed by atoms with E-state index in [9.17, 15) is 19.2 Å². The van der Waals surface area contributed by atoms with Gasteiger partial charge in [0.2, 0.25) is 11.8 Å². The minimum atomic E-state index is -1.01. The Balaban J connectivity index is 3.09. The summed E-state index contributed by atoms with van der Waals surface area (Å²) < 4.78 is 16.4. The third-order valence-electron chi connectivity index (χ3n) is 3.60. The molecule has 2 amide bonds. The Kier molecular flexibility index (Phi) is 7.78. The van der Waals surface area contributed by atoms with E-state index >= 15 is 0 Å². The van der Waals surface area contributed by atoms with Crippen molar-refractivity contribution in [1.29, 1.82) is 0 Å². The molecule has 0 aromatic heterocycles. The van der Waals surface area contributed by atoms with Crippen LogP contribution in [0.25, 0.3) is 0 Å². The lowest BCUT2D eigenvalue weighted by Crippen LogP contribution is -2.66. The maximum absolute atomic E-state index is 11.5. The molecule has 142 valence electrons. The molecule has 10 heteroatoms. The number of esters is 2. The quantitative estimate of drug-likeness (QED) is 0.472. The zero-order valence-electron chi connectivity index (χ0n) is 14.7. The van der Waals surface area contributed by atoms with Gasteiger partial charge < -0.3 is 30.6 Å². The Morgan fingerprint density at radius 3 is 2.08 bits per heavy atom. The molecular formula is C15H25N3O7. The molecule has 0 aromatic rings. The lowest BCUT2D eigenvalue weighted by Gasteiger charge is -2.44. The monoisotopic (exact) mass is 359 g/mol. The molecule has 1 heterocycles. The number of ether oxygens (including phenoxy) is 3. The number of hydrogen-bond acceptors (Lipinski definition) is 8. The second-order valence-corrected chi connectivity index (χ2v) is 5.76. The Morgan fingerprint density at radius 1 is 1.04 bits per heavy atom. The van der Waals surface area contributed by atoms with Crippen LogP contribution >= 0.6 is 0 Å². The lowest BCUT2D eigenvalue weighted by molar-refractivity contribution is -0.212. The summed E-state index contributed by atoms with van der Waals surface area (Å²) >= 11 is 0. The first-order chi connectivity index (χ1) is 11.6. The Bertz CT molecular complexity index is 525. The van der Waals surface area contributed by atoms with Crippen molar-refractivity contribution in [3.8, 4) is 0 Å². The summed E-state index contributed by atoms with van der Waals surface area (Å²) in [6.07, 6.45) is -3.30. The van der Waals surface area contributed by atoms with Crippen molar-refractivity contribution >= 4 is 23.8 Å². The predicted molar refractivity (Wildman–Crippen MR) is 85.1 cm³/mol. The molecule has 1 aliphatic heterocycles. The lowest BCUT2D eigenvalue weighted by atomic mass is 9.92. The SMILES string of the molecule is CC(=O)NC1C(C)OC(CNC(=O)CN)C(OC(C)=O)C1OC(C)=O. The van der Waals surface area contributed by atoms with Crippen LogP contribution in [0.5, 0.6) is 0 Å². The van der Waals surface area contributed by atoms with Gasteiger partial charge in [-0.3, -0.25) is 19.2 Å². The summed E-state index contributed by atoms with van der Waals surface area (Å²) in [7, 11) is 0. The van der Waals surface area contributed by atoms with E-state index in [4.69, 9.17) is 19.9 Å². The zero-order chi connectivity index (χ0) is 19.1. The van der Waals surface area contributed by atoms with Crippen molar-refractivity contribution in [3.63, 3.8) is 0 Å². The van der Waals surface area contributed by atoms with Crippen LogP contribution in [-0.2, 0) is 33.4 Å². The minimum Gasteiger partial charge on any atom is -0.456 e. The first kappa shape index (κ1) is 20.8. The van der Waals surface area contributed by atoms with E-state index in [0.29, 0.717) is 0 Å². The number of nitrogens with two attached hydrogens (primary N) is 1. The molecular weight excluding hydrogens is 334 g/mol. The van der Waals surface area contributed by atoms with E-state index in [-0.39, 0.29) is 19.0 Å². The van der Waals surface area contributed by atoms with Crippen LogP contribution in [0.2, 0.25) is 0 Å². The Morgan fingerprint density at radius 2 is 1.60 bits per heavy atom. The van der Waals surface area contributed by atoms with Gasteiger partial charge in [0.15, 0.2) is 12.2 Å². The molecule has 0 bridgehead atoms. The van der Waals surface area contributed by atoms with Crippen LogP contribution in [0.4, 0.5) is 0 Å². The molecule has 0 saturated carbocycles. The topological polar surface area (TPSA) is 146 Å². The van der Waals surface area contributed by atoms with E-state index in [1.807, 2.05) is 0 Å². The van der Waals surface area contributed by atoms with Gasteiger partial charge in [0.1, 0.15) is 6.10 Å². The highest BCUT2D eigenvalue weighted by molar-refractivity contribution is 5.77. The normalized spacial score (nSPS) is 28.6. The predicted octanol–water partition coefficient (Wildman–Crippen LogP) is -1.78. The largest absolute Gasteiger partial charge is 0.456 e. The van der Waals surface area contributed by atoms with Gasteiger partial charge in [-0.25, -0.2) is 0 Å². The average Bonchev–Trinajstić information content (AvgIpc) is 2.50. The second-order valence-electron chi connectivity index (χ2n) is 5.76. The molecule has 1 aliphatic rings. The smallest absolute Gasteiger partial charge is 0.303 e. The van der Waals surface area contributed by atoms with Gasteiger partial charge in [-0.1, -0.05) is 0 Å². The van der Waals surface area contributed by atoms with Gasteiger partial charge >= 0.3 is 11.9 Å². The van der Waals surface area contributed by atoms with Crippen molar-refractivity contribution in [2.75, 3.05) is 13.1 Å². The van der Waals surface area contributed by atoms with Crippen LogP contribution in [0.15, 0.2) is 0 Å². The summed E-state index contributed by atoms with van der Waals surface area (Å²) in [5, 5.41) is 5.19. The maximum Gasteiger partial charge on any atom is 0.303 e. The maximum atomic E-state index is 11.5. The fourth-order valence-corrected chi connectivity index (χ4v) is 2.67. The first-order valence-corrected chi connectivity index (χ1v) is 7.89. The molecule has 0 spiro atoms. The van der Waals surface area contributed by atoms with E-state index in [1.54, 1.807) is 6.92 Å². The summed E-state index contributed by atoms with van der Waals surface area (Å²) in [4.78, 5) is 45.8. The highest BCUT2D eigenvalue weighted by atomic mass is 16.6. The summed E-state index contributed by atoms with van der Waals surface area (Å²) in [5.41, 5.74) is 5.25. The van der Waals surface area contributed by atoms with E-state index in [1.165, 1.54) is 20.8 Å². The number of carbonyl (C=O) groups excluding carboxylic acids is 4. The fourth-order valence-electron chi connectivity index (χ4n) is 2.67. The highest BCUT2D eigenvalue weighted by Gasteiger charge is 2.48. The van der Waals surface area contributed by atoms with E-state index in [2.05, 4.69) is 10.6 Å². The molecule has 5 atom stereocenters. The van der Waals surface area contributed by atoms with Crippen molar-refractivity contribution < 1.29 is 33.4 Å². The van der Waals surface area contributed by atoms with Crippen LogP contribution in [0.3, 0.4) is 0 Å². The van der Waals surface area contributed by atoms with Crippen LogP contribution in [0.1, 0.15) is 27.7 Å². The fraction of sp³-hybridized carbons (Fsp3) is 0.733. The summed E-state index contributed by atoms with van der Waals surface area (Å²) in [6.45, 7) is 5.20. The van der Waals surface area contributed by atoms with Crippen LogP contribution in [-0.4, -0.2) is 67.3 Å². The second kappa shape index (κ2) is 9.33. The van der Waals surface area contributed by atoms with E-state index in [0.717, 1.165) is 0 Å². The van der Waals surface area contributed by atoms with Gasteiger partial charge in [-0.15, -0.1) is 0 Å². The van der Waals surface area contributed by atoms with Gasteiger partial charge in [0.25, 0.3) is 0 Å². The minimum absolute atomic E-state index is 0.00285. The molecule has 1 rings (SSSR count). The molecule has 0 aromatic carbocycles. The van der Waals surface area contributed by atoms with Gasteiger partial charge in [-0.05, 0) is 6.92 Å². The number of rotatable bonds is 6. The van der Waals surface area contributed by atoms with Crippen molar-refractivity contribution in [2.45, 2.75) is 58.2 Å². The summed E-state index contributed by atoms with van der Waals surface area (Å²) in [5.74, 6) is -1.98. The van der Waals surface area contributed by atoms with Crippen LogP contribution < -0.4 is 16.4 Å². The number of carbonyl (C=O) groups is 4. The molecule has 4 N–H and O–H groups in total. The van der Waals surface area contributed by atoms with E-state index < -0.39 is 48.3 Å². The standard InChI is InChI=1S/C15H25N3O7/c1-7-13(18-8(2)19)15(25-10(4)21)14(24-9(3)20)11(23-7)6-17-12(22)5-16/h7,11,13-15H,5-6,16H2,1-4H3,(H,17,22)(H,18,19). The third-order valence-corrected chi connectivity index (χ3v) is 3.60. The Labute approximate surface area is 145 Å². The van der Waals surface area contributed by atoms with Crippen molar-refractivity contribution in [1.82, 2.24) is 10.6 Å². The molecule has 1 fully saturated rings. The van der Waals surface area contributed by atoms with Gasteiger partial charge in [-0.2, -0.15) is 0 Å². The molecule has 25 heavy (non-hydrogen) atoms. The number of hydrogen-bond donors (Lipinski definition) is 3. The summed E-state index contributed by atoms with van der Waals surface area (Å²) in [6, 6.07) is -0.716. The van der Waals surface area contributed by atoms with Gasteiger partial charge in [0.05, 0.1) is 18.7 Å². The molecule has 5 unspecified atom stereocenters. The van der Waals surface area contributed by atoms with Crippen molar-refractivity contribution in [3.05, 3.63) is 0 Å². The third kappa shape index (κ3) is 6.31. The zero-order valence-corrected chi connectivity index (χ0v) is 14.7. The molecule has 0 aliphatic carbocycles. The Hall–Kier alpha value is -2.20. The average molecular weight is 359 g/mol. The van der Waals surface area contributed by atoms with Gasteiger partial charge in [0, 0.05) is 27.3 Å². The molecule has 0 radical (unpaired) electrons. The first-order valence-electron chi connectivity index (χ1n) is 7.89. The number of amides is 2. The van der Waals surface area contributed by atoms with Crippen molar-refractivity contribution in [2.24, 2.45) is 5.73 Å². The molecule has 1 saturated heterocycles.